The summed E-state index contributed by atoms with van der Waals surface area (Å²) in [5, 5.41) is 8.53. The van der Waals surface area contributed by atoms with Crippen molar-refractivity contribution in [2.75, 3.05) is 12.0 Å². The molecule has 0 saturated heterocycles. The van der Waals surface area contributed by atoms with Crippen LogP contribution in [0.25, 0.3) is 0 Å². The molecule has 0 amide bonds. The lowest BCUT2D eigenvalue weighted by Crippen LogP contribution is -2.16. The van der Waals surface area contributed by atoms with Gasteiger partial charge in [-0.15, -0.1) is 0 Å². The Morgan fingerprint density at radius 2 is 2.64 bits per heavy atom. The van der Waals surface area contributed by atoms with Gasteiger partial charge in [0, 0.05) is 18.9 Å². The molecule has 0 aromatic carbocycles. The summed E-state index contributed by atoms with van der Waals surface area (Å²) in [6.45, 7) is 2.92. The van der Waals surface area contributed by atoms with Crippen LogP contribution in [0.3, 0.4) is 0 Å². The van der Waals surface area contributed by atoms with Crippen molar-refractivity contribution in [2.45, 2.75) is 13.3 Å². The highest BCUT2D eigenvalue weighted by molar-refractivity contribution is 5.12. The predicted molar refractivity (Wildman–Crippen MR) is 41.5 cm³/mol. The molecule has 1 rings (SSSR count). The van der Waals surface area contributed by atoms with Gasteiger partial charge in [-0.3, -0.25) is 0 Å². The summed E-state index contributed by atoms with van der Waals surface area (Å²) in [6.07, 6.45) is 4.36. The van der Waals surface area contributed by atoms with Crippen LogP contribution in [0, 0.1) is 11.3 Å². The average Bonchev–Trinajstić information content (AvgIpc) is 2.47. The molecule has 1 heterocycles. The van der Waals surface area contributed by atoms with Crippen molar-refractivity contribution >= 4 is 0 Å². The second-order valence-corrected chi connectivity index (χ2v) is 2.14. The van der Waals surface area contributed by atoms with Crippen LogP contribution >= 0.6 is 0 Å². The summed E-state index contributed by atoms with van der Waals surface area (Å²) < 4.78 is 1.63. The molecule has 0 unspecified atom stereocenters. The maximum atomic E-state index is 8.53. The zero-order chi connectivity index (χ0) is 8.10. The monoisotopic (exact) mass is 150 g/mol. The van der Waals surface area contributed by atoms with E-state index in [1.54, 1.807) is 17.1 Å². The average molecular weight is 150 g/mol. The molecule has 11 heavy (non-hydrogen) atoms. The third-order valence-corrected chi connectivity index (χ3v) is 1.27. The van der Waals surface area contributed by atoms with Gasteiger partial charge >= 0.3 is 0 Å². The number of hydrogen-bond donors (Lipinski definition) is 1. The highest BCUT2D eigenvalue weighted by Crippen LogP contribution is 1.90. The maximum absolute atomic E-state index is 8.53. The minimum absolute atomic E-state index is 0.401. The topological polar surface area (TPSA) is 53.6 Å². The van der Waals surface area contributed by atoms with Crippen LogP contribution in [-0.4, -0.2) is 16.2 Å². The number of hydrogen-bond acceptors (Lipinski definition) is 3. The number of rotatable bonds is 3. The lowest BCUT2D eigenvalue weighted by Gasteiger charge is -2.04. The SMILES string of the molecule is CCCNn1ccnc1C#N. The fourth-order valence-corrected chi connectivity index (χ4v) is 0.746. The first-order valence-electron chi connectivity index (χ1n) is 3.55. The fraction of sp³-hybridized carbons (Fsp3) is 0.429. The first kappa shape index (κ1) is 7.61. The molecule has 4 heteroatoms. The second-order valence-electron chi connectivity index (χ2n) is 2.14. The largest absolute Gasteiger partial charge is 0.324 e. The molecule has 0 radical (unpaired) electrons. The van der Waals surface area contributed by atoms with Crippen molar-refractivity contribution in [1.82, 2.24) is 9.66 Å². The summed E-state index contributed by atoms with van der Waals surface area (Å²) in [4.78, 5) is 3.83. The van der Waals surface area contributed by atoms with Gasteiger partial charge < -0.3 is 5.43 Å². The summed E-state index contributed by atoms with van der Waals surface area (Å²) in [6, 6.07) is 1.97. The van der Waals surface area contributed by atoms with E-state index in [1.165, 1.54) is 0 Å². The number of nitrogens with zero attached hydrogens (tertiary/aromatic N) is 3. The van der Waals surface area contributed by atoms with E-state index in [2.05, 4.69) is 17.3 Å². The fourth-order valence-electron chi connectivity index (χ4n) is 0.746. The smallest absolute Gasteiger partial charge is 0.231 e. The molecule has 0 spiro atoms. The van der Waals surface area contributed by atoms with E-state index in [1.807, 2.05) is 6.07 Å². The van der Waals surface area contributed by atoms with Crippen LogP contribution in [-0.2, 0) is 0 Å². The van der Waals surface area contributed by atoms with Gasteiger partial charge in [0.05, 0.1) is 0 Å². The van der Waals surface area contributed by atoms with Crippen molar-refractivity contribution in [3.63, 3.8) is 0 Å². The Bertz CT molecular complexity index is 258. The van der Waals surface area contributed by atoms with Gasteiger partial charge in [-0.2, -0.15) is 5.26 Å². The molecular weight excluding hydrogens is 140 g/mol. The van der Waals surface area contributed by atoms with E-state index in [-0.39, 0.29) is 0 Å². The molecule has 1 aromatic rings. The Labute approximate surface area is 65.4 Å². The highest BCUT2D eigenvalue weighted by atomic mass is 15.4. The standard InChI is InChI=1S/C7H10N4/c1-2-3-10-11-5-4-9-7(11)6-8/h4-5,10H,2-3H2,1H3. The summed E-state index contributed by atoms with van der Waals surface area (Å²) in [5.74, 6) is 0.401. The van der Waals surface area contributed by atoms with Crippen LogP contribution in [0.5, 0.6) is 0 Å². The predicted octanol–water partition coefficient (Wildman–Crippen LogP) is 0.708. The first-order valence-corrected chi connectivity index (χ1v) is 3.55. The molecule has 4 nitrogen and oxygen atoms in total. The normalized spacial score (nSPS) is 9.09. The minimum Gasteiger partial charge on any atom is -0.324 e. The van der Waals surface area contributed by atoms with E-state index in [9.17, 15) is 0 Å². The zero-order valence-corrected chi connectivity index (χ0v) is 6.41. The molecule has 0 bridgehead atoms. The highest BCUT2D eigenvalue weighted by Gasteiger charge is 1.97. The number of nitrogens with one attached hydrogen (secondary N) is 1. The zero-order valence-electron chi connectivity index (χ0n) is 6.41. The molecule has 0 saturated carbocycles. The van der Waals surface area contributed by atoms with Crippen LogP contribution in [0.1, 0.15) is 19.2 Å². The van der Waals surface area contributed by atoms with Gasteiger partial charge in [-0.05, 0) is 6.42 Å². The van der Waals surface area contributed by atoms with Crippen molar-refractivity contribution in [2.24, 2.45) is 0 Å². The minimum atomic E-state index is 0.401. The van der Waals surface area contributed by atoms with Crippen molar-refractivity contribution < 1.29 is 0 Å². The van der Waals surface area contributed by atoms with Gasteiger partial charge in [0.25, 0.3) is 0 Å². The Hall–Kier alpha value is -1.50. The van der Waals surface area contributed by atoms with E-state index < -0.39 is 0 Å². The molecule has 1 aromatic heterocycles. The van der Waals surface area contributed by atoms with Gasteiger partial charge in [-0.25, -0.2) is 9.66 Å². The first-order chi connectivity index (χ1) is 5.38. The van der Waals surface area contributed by atoms with Gasteiger partial charge in [0.1, 0.15) is 6.07 Å². The van der Waals surface area contributed by atoms with Crippen molar-refractivity contribution in [3.05, 3.63) is 18.2 Å². The third kappa shape index (κ3) is 1.71. The summed E-state index contributed by atoms with van der Waals surface area (Å²) >= 11 is 0. The number of imidazole rings is 1. The van der Waals surface area contributed by atoms with Crippen molar-refractivity contribution in [1.29, 1.82) is 5.26 Å². The Balaban J connectivity index is 2.63. The van der Waals surface area contributed by atoms with Crippen LogP contribution in [0.15, 0.2) is 12.4 Å². The van der Waals surface area contributed by atoms with E-state index >= 15 is 0 Å². The lowest BCUT2D eigenvalue weighted by molar-refractivity contribution is 0.796. The quantitative estimate of drug-likeness (QED) is 0.690. The van der Waals surface area contributed by atoms with Gasteiger partial charge in [0.15, 0.2) is 0 Å². The molecule has 0 atom stereocenters. The molecule has 0 aliphatic carbocycles. The summed E-state index contributed by atoms with van der Waals surface area (Å²) in [7, 11) is 0. The van der Waals surface area contributed by atoms with E-state index in [0.717, 1.165) is 13.0 Å². The molecule has 0 aliphatic rings. The van der Waals surface area contributed by atoms with Crippen LogP contribution in [0.2, 0.25) is 0 Å². The molecule has 0 aliphatic heterocycles. The third-order valence-electron chi connectivity index (χ3n) is 1.27. The summed E-state index contributed by atoms with van der Waals surface area (Å²) in [5.41, 5.74) is 3.03. The van der Waals surface area contributed by atoms with Crippen LogP contribution < -0.4 is 5.43 Å². The second kappa shape index (κ2) is 3.62. The van der Waals surface area contributed by atoms with Gasteiger partial charge in [-0.1, -0.05) is 6.92 Å². The lowest BCUT2D eigenvalue weighted by atomic mass is 10.5. The number of nitriles is 1. The number of aromatic nitrogens is 2. The van der Waals surface area contributed by atoms with E-state index in [0.29, 0.717) is 5.82 Å². The maximum Gasteiger partial charge on any atom is 0.231 e. The van der Waals surface area contributed by atoms with Crippen LogP contribution in [0.4, 0.5) is 0 Å². The molecular formula is C7H10N4. The molecule has 58 valence electrons. The Morgan fingerprint density at radius 1 is 1.82 bits per heavy atom. The van der Waals surface area contributed by atoms with E-state index in [4.69, 9.17) is 5.26 Å². The Kier molecular flexibility index (Phi) is 2.50. The molecule has 0 fully saturated rings. The van der Waals surface area contributed by atoms with Crippen molar-refractivity contribution in [3.8, 4) is 6.07 Å². The Morgan fingerprint density at radius 3 is 3.27 bits per heavy atom. The van der Waals surface area contributed by atoms with Gasteiger partial charge in [0.2, 0.25) is 5.82 Å². The molecule has 1 N–H and O–H groups in total.